The number of ketones is 1. The predicted octanol–water partition coefficient (Wildman–Crippen LogP) is 2.47. The Hall–Kier alpha value is -2.36. The summed E-state index contributed by atoms with van der Waals surface area (Å²) in [6.45, 7) is 1.47. The molecule has 1 amide bonds. The molecule has 2 N–H and O–H groups in total. The van der Waals surface area contributed by atoms with Gasteiger partial charge in [0.15, 0.2) is 5.78 Å². The third-order valence-corrected chi connectivity index (χ3v) is 2.47. The van der Waals surface area contributed by atoms with Crippen molar-refractivity contribution in [3.8, 4) is 0 Å². The van der Waals surface area contributed by atoms with E-state index in [1.165, 1.54) is 6.92 Å². The largest absolute Gasteiger partial charge is 0.356 e. The Kier molecular flexibility index (Phi) is 3.57. The van der Waals surface area contributed by atoms with Gasteiger partial charge in [0.25, 0.3) is 0 Å². The van der Waals surface area contributed by atoms with Crippen LogP contribution < -0.4 is 10.6 Å². The highest BCUT2D eigenvalue weighted by molar-refractivity contribution is 5.93. The molecule has 0 spiro atoms. The Morgan fingerprint density at radius 2 is 1.78 bits per heavy atom. The van der Waals surface area contributed by atoms with Crippen LogP contribution in [0.25, 0.3) is 0 Å². The van der Waals surface area contributed by atoms with Crippen LogP contribution in [0, 0.1) is 0 Å². The van der Waals surface area contributed by atoms with Gasteiger partial charge >= 0.3 is 0 Å². The van der Waals surface area contributed by atoms with Crippen molar-refractivity contribution in [2.24, 2.45) is 0 Å². The van der Waals surface area contributed by atoms with Crippen molar-refractivity contribution in [3.63, 3.8) is 0 Å². The number of carbonyl (C=O) groups excluding carboxylic acids is 2. The zero-order valence-corrected chi connectivity index (χ0v) is 10.1. The summed E-state index contributed by atoms with van der Waals surface area (Å²) in [5.41, 5.74) is 2.58. The molecule has 0 saturated heterocycles. The molecule has 1 aromatic carbocycles. The van der Waals surface area contributed by atoms with Gasteiger partial charge in [-0.2, -0.15) is 0 Å². The molecule has 1 aromatic rings. The Morgan fingerprint density at radius 3 is 2.33 bits per heavy atom. The summed E-state index contributed by atoms with van der Waals surface area (Å²) >= 11 is 0. The van der Waals surface area contributed by atoms with E-state index < -0.39 is 0 Å². The average molecular weight is 242 g/mol. The van der Waals surface area contributed by atoms with Gasteiger partial charge in [-0.25, -0.2) is 0 Å². The molecule has 18 heavy (non-hydrogen) atoms. The van der Waals surface area contributed by atoms with E-state index in [-0.39, 0.29) is 11.7 Å². The summed E-state index contributed by atoms with van der Waals surface area (Å²) in [5, 5.41) is 5.89. The fourth-order valence-electron chi connectivity index (χ4n) is 1.63. The summed E-state index contributed by atoms with van der Waals surface area (Å²) in [6.07, 6.45) is 5.61. The highest BCUT2D eigenvalue weighted by Crippen LogP contribution is 2.17. The molecular weight excluding hydrogens is 228 g/mol. The monoisotopic (exact) mass is 242 g/mol. The topological polar surface area (TPSA) is 58.2 Å². The van der Waals surface area contributed by atoms with Crippen LogP contribution in [0.2, 0.25) is 0 Å². The summed E-state index contributed by atoms with van der Waals surface area (Å²) < 4.78 is 0. The van der Waals surface area contributed by atoms with E-state index in [1.54, 1.807) is 12.2 Å². The van der Waals surface area contributed by atoms with Crippen molar-refractivity contribution in [3.05, 3.63) is 48.2 Å². The average Bonchev–Trinajstić information content (AvgIpc) is 2.34. The van der Waals surface area contributed by atoms with Gasteiger partial charge < -0.3 is 10.6 Å². The van der Waals surface area contributed by atoms with Gasteiger partial charge in [0, 0.05) is 30.4 Å². The number of hydrogen-bond donors (Lipinski definition) is 2. The fraction of sp³-hybridized carbons (Fsp3) is 0.143. The van der Waals surface area contributed by atoms with Crippen LogP contribution in [-0.2, 0) is 9.59 Å². The fourth-order valence-corrected chi connectivity index (χ4v) is 1.63. The van der Waals surface area contributed by atoms with Gasteiger partial charge in [-0.05, 0) is 36.4 Å². The lowest BCUT2D eigenvalue weighted by atomic mass is 10.1. The second-order valence-corrected chi connectivity index (χ2v) is 4.05. The molecule has 1 aliphatic carbocycles. The second-order valence-electron chi connectivity index (χ2n) is 4.05. The molecule has 4 heteroatoms. The van der Waals surface area contributed by atoms with Crippen molar-refractivity contribution in [2.45, 2.75) is 13.3 Å². The van der Waals surface area contributed by atoms with Crippen molar-refractivity contribution in [1.29, 1.82) is 0 Å². The third-order valence-electron chi connectivity index (χ3n) is 2.47. The van der Waals surface area contributed by atoms with E-state index in [0.717, 1.165) is 17.1 Å². The summed E-state index contributed by atoms with van der Waals surface area (Å²) in [6, 6.07) is 7.39. The first-order valence-corrected chi connectivity index (χ1v) is 5.69. The number of rotatable bonds is 3. The zero-order valence-electron chi connectivity index (χ0n) is 10.1. The Bertz CT molecular complexity index is 527. The molecule has 92 valence electrons. The highest BCUT2D eigenvalue weighted by Gasteiger charge is 2.03. The minimum absolute atomic E-state index is 0.0906. The first-order valence-electron chi connectivity index (χ1n) is 5.69. The second kappa shape index (κ2) is 5.31. The van der Waals surface area contributed by atoms with E-state index in [0.29, 0.717) is 6.42 Å². The van der Waals surface area contributed by atoms with E-state index in [2.05, 4.69) is 10.6 Å². The van der Waals surface area contributed by atoms with Crippen LogP contribution in [0.1, 0.15) is 13.3 Å². The van der Waals surface area contributed by atoms with Crippen LogP contribution in [-0.4, -0.2) is 11.7 Å². The van der Waals surface area contributed by atoms with Crippen molar-refractivity contribution in [2.75, 3.05) is 10.6 Å². The molecule has 1 aliphatic rings. The minimum atomic E-state index is -0.0906. The Balaban J connectivity index is 2.00. The van der Waals surface area contributed by atoms with Crippen LogP contribution >= 0.6 is 0 Å². The van der Waals surface area contributed by atoms with E-state index >= 15 is 0 Å². The predicted molar refractivity (Wildman–Crippen MR) is 71.2 cm³/mol. The molecular formula is C14H14N2O2. The molecule has 0 aliphatic heterocycles. The first-order chi connectivity index (χ1) is 8.63. The molecule has 0 bridgehead atoms. The molecule has 4 nitrogen and oxygen atoms in total. The number of nitrogens with one attached hydrogen (secondary N) is 2. The number of amides is 1. The highest BCUT2D eigenvalue weighted by atomic mass is 16.1. The number of carbonyl (C=O) groups is 2. The van der Waals surface area contributed by atoms with E-state index in [9.17, 15) is 9.59 Å². The summed E-state index contributed by atoms with van der Waals surface area (Å²) in [5.74, 6) is 0.0219. The van der Waals surface area contributed by atoms with Crippen molar-refractivity contribution >= 4 is 23.1 Å². The van der Waals surface area contributed by atoms with Gasteiger partial charge in [-0.1, -0.05) is 6.08 Å². The third kappa shape index (κ3) is 3.31. The smallest absolute Gasteiger partial charge is 0.221 e. The van der Waals surface area contributed by atoms with Gasteiger partial charge in [0.2, 0.25) is 5.91 Å². The van der Waals surface area contributed by atoms with Crippen LogP contribution in [0.4, 0.5) is 11.4 Å². The van der Waals surface area contributed by atoms with Crippen LogP contribution in [0.15, 0.2) is 48.2 Å². The minimum Gasteiger partial charge on any atom is -0.356 e. The molecule has 0 saturated carbocycles. The normalized spacial score (nSPS) is 14.1. The van der Waals surface area contributed by atoms with E-state index in [1.807, 2.05) is 30.3 Å². The molecule has 2 rings (SSSR count). The molecule has 0 radical (unpaired) electrons. The molecule has 0 atom stereocenters. The van der Waals surface area contributed by atoms with Crippen LogP contribution in [0.5, 0.6) is 0 Å². The first kappa shape index (κ1) is 12.1. The molecule has 0 unspecified atom stereocenters. The van der Waals surface area contributed by atoms with Gasteiger partial charge in [0.05, 0.1) is 0 Å². The lowest BCUT2D eigenvalue weighted by Gasteiger charge is -2.10. The molecule has 0 heterocycles. The summed E-state index contributed by atoms with van der Waals surface area (Å²) in [7, 11) is 0. The maximum Gasteiger partial charge on any atom is 0.221 e. The van der Waals surface area contributed by atoms with Gasteiger partial charge in [-0.3, -0.25) is 9.59 Å². The van der Waals surface area contributed by atoms with Gasteiger partial charge in [-0.15, -0.1) is 0 Å². The maximum atomic E-state index is 11.0. The summed E-state index contributed by atoms with van der Waals surface area (Å²) in [4.78, 5) is 21.9. The number of benzene rings is 1. The number of anilines is 2. The standard InChI is InChI=1S/C14H14N2O2/c1-10(17)15-11-2-4-12(5-3-11)16-13-6-8-14(18)9-7-13/h2-8,16H,9H2,1H3,(H,15,17). The molecule has 0 aromatic heterocycles. The number of allylic oxidation sites excluding steroid dienone is 3. The molecule has 0 fully saturated rings. The lowest BCUT2D eigenvalue weighted by molar-refractivity contribution is -0.114. The number of hydrogen-bond acceptors (Lipinski definition) is 3. The Labute approximate surface area is 105 Å². The van der Waals surface area contributed by atoms with Crippen molar-refractivity contribution < 1.29 is 9.59 Å². The maximum absolute atomic E-state index is 11.0. The zero-order chi connectivity index (χ0) is 13.0. The quantitative estimate of drug-likeness (QED) is 0.856. The van der Waals surface area contributed by atoms with Crippen LogP contribution in [0.3, 0.4) is 0 Å². The SMILES string of the molecule is CC(=O)Nc1ccc(NC2=CCC(=O)C=C2)cc1. The van der Waals surface area contributed by atoms with E-state index in [4.69, 9.17) is 0 Å². The Morgan fingerprint density at radius 1 is 1.11 bits per heavy atom. The van der Waals surface area contributed by atoms with Crippen molar-refractivity contribution in [1.82, 2.24) is 0 Å². The lowest BCUT2D eigenvalue weighted by Crippen LogP contribution is -2.06. The van der Waals surface area contributed by atoms with Gasteiger partial charge in [0.1, 0.15) is 0 Å².